The Morgan fingerprint density at radius 2 is 1.95 bits per heavy atom. The molecule has 0 unspecified atom stereocenters. The number of nitrogens with one attached hydrogen (secondary N) is 1. The van der Waals surface area contributed by atoms with Crippen LogP contribution in [0.15, 0.2) is 46.9 Å². The van der Waals surface area contributed by atoms with Gasteiger partial charge in [0.1, 0.15) is 11.3 Å². The van der Waals surface area contributed by atoms with Crippen molar-refractivity contribution in [1.82, 2.24) is 0 Å². The largest absolute Gasteiger partial charge is 0.495 e. The van der Waals surface area contributed by atoms with E-state index in [0.717, 1.165) is 22.2 Å². The van der Waals surface area contributed by atoms with E-state index in [9.17, 15) is 0 Å². The van der Waals surface area contributed by atoms with Gasteiger partial charge < -0.3 is 14.5 Å². The predicted molar refractivity (Wildman–Crippen MR) is 86.6 cm³/mol. The molecular formula is C16H13Cl2NO2. The summed E-state index contributed by atoms with van der Waals surface area (Å²) in [7, 11) is 1.59. The van der Waals surface area contributed by atoms with Crippen molar-refractivity contribution < 1.29 is 9.15 Å². The quantitative estimate of drug-likeness (QED) is 0.702. The lowest BCUT2D eigenvalue weighted by molar-refractivity contribution is 0.415. The highest BCUT2D eigenvalue weighted by Gasteiger charge is 2.12. The number of ether oxygens (including phenoxy) is 1. The number of benzene rings is 2. The van der Waals surface area contributed by atoms with Crippen LogP contribution in [0.5, 0.6) is 5.75 Å². The minimum absolute atomic E-state index is 0.407. The average Bonchev–Trinajstić information content (AvgIpc) is 2.82. The molecule has 0 radical (unpaired) electrons. The lowest BCUT2D eigenvalue weighted by Crippen LogP contribution is -1.99. The molecule has 0 aliphatic heterocycles. The van der Waals surface area contributed by atoms with Gasteiger partial charge >= 0.3 is 0 Å². The molecule has 0 atom stereocenters. The first-order valence-corrected chi connectivity index (χ1v) is 7.18. The Bertz CT molecular complexity index is 783. The van der Waals surface area contributed by atoms with Crippen molar-refractivity contribution >= 4 is 39.9 Å². The van der Waals surface area contributed by atoms with E-state index in [0.29, 0.717) is 22.5 Å². The summed E-state index contributed by atoms with van der Waals surface area (Å²) in [5.41, 5.74) is 2.62. The predicted octanol–water partition coefficient (Wildman–Crippen LogP) is 5.36. The van der Waals surface area contributed by atoms with Crippen LogP contribution in [0.25, 0.3) is 11.0 Å². The number of para-hydroxylation sites is 1. The first kappa shape index (κ1) is 14.1. The number of rotatable bonds is 4. The highest BCUT2D eigenvalue weighted by Crippen LogP contribution is 2.31. The molecule has 3 nitrogen and oxygen atoms in total. The second-order valence-corrected chi connectivity index (χ2v) is 5.30. The maximum absolute atomic E-state index is 6.17. The molecular weight excluding hydrogens is 309 g/mol. The Morgan fingerprint density at radius 3 is 2.76 bits per heavy atom. The second kappa shape index (κ2) is 5.88. The fraction of sp³-hybridized carbons (Fsp3) is 0.125. The van der Waals surface area contributed by atoms with Gasteiger partial charge in [-0.15, -0.1) is 0 Å². The first-order chi connectivity index (χ1) is 10.2. The minimum Gasteiger partial charge on any atom is -0.495 e. The number of anilines is 1. The van der Waals surface area contributed by atoms with Gasteiger partial charge in [-0.3, -0.25) is 0 Å². The van der Waals surface area contributed by atoms with Gasteiger partial charge in [-0.25, -0.2) is 0 Å². The van der Waals surface area contributed by atoms with Crippen molar-refractivity contribution in [2.24, 2.45) is 0 Å². The summed E-state index contributed by atoms with van der Waals surface area (Å²) < 4.78 is 10.7. The zero-order valence-corrected chi connectivity index (χ0v) is 12.8. The third-order valence-electron chi connectivity index (χ3n) is 3.27. The summed E-state index contributed by atoms with van der Waals surface area (Å²) in [4.78, 5) is 0. The Labute approximate surface area is 132 Å². The molecule has 0 spiro atoms. The van der Waals surface area contributed by atoms with Crippen LogP contribution in [-0.2, 0) is 6.54 Å². The first-order valence-electron chi connectivity index (χ1n) is 6.42. The molecule has 108 valence electrons. The third kappa shape index (κ3) is 2.80. The fourth-order valence-electron chi connectivity index (χ4n) is 2.19. The maximum Gasteiger partial charge on any atom is 0.199 e. The van der Waals surface area contributed by atoms with Gasteiger partial charge in [0.2, 0.25) is 0 Å². The van der Waals surface area contributed by atoms with Gasteiger partial charge in [0.05, 0.1) is 12.1 Å². The van der Waals surface area contributed by atoms with Crippen LogP contribution in [0.2, 0.25) is 10.2 Å². The molecule has 1 N–H and O–H groups in total. The van der Waals surface area contributed by atoms with Crippen LogP contribution in [0.4, 0.5) is 5.69 Å². The summed E-state index contributed by atoms with van der Waals surface area (Å²) in [5.74, 6) is 0.629. The number of fused-ring (bicyclic) bond motifs is 1. The van der Waals surface area contributed by atoms with Gasteiger partial charge in [0.15, 0.2) is 5.22 Å². The Hall–Kier alpha value is -1.84. The molecule has 0 aliphatic rings. The molecule has 3 rings (SSSR count). The molecule has 21 heavy (non-hydrogen) atoms. The Balaban J connectivity index is 1.85. The molecule has 0 saturated carbocycles. The average molecular weight is 322 g/mol. The molecule has 2 aromatic carbocycles. The van der Waals surface area contributed by atoms with Crippen molar-refractivity contribution in [3.05, 3.63) is 58.3 Å². The van der Waals surface area contributed by atoms with E-state index >= 15 is 0 Å². The van der Waals surface area contributed by atoms with Crippen molar-refractivity contribution in [3.8, 4) is 5.75 Å². The zero-order chi connectivity index (χ0) is 14.8. The van der Waals surface area contributed by atoms with Gasteiger partial charge in [0.25, 0.3) is 0 Å². The SMILES string of the molecule is COc1cc(NCc2c(Cl)oc3ccccc23)ccc1Cl. The summed E-state index contributed by atoms with van der Waals surface area (Å²) >= 11 is 12.2. The zero-order valence-electron chi connectivity index (χ0n) is 11.3. The highest BCUT2D eigenvalue weighted by molar-refractivity contribution is 6.32. The molecule has 3 aromatic rings. The topological polar surface area (TPSA) is 34.4 Å². The van der Waals surface area contributed by atoms with Gasteiger partial charge in [-0.1, -0.05) is 29.8 Å². The Kier molecular flexibility index (Phi) is 3.95. The molecule has 0 aliphatic carbocycles. The molecule has 1 heterocycles. The van der Waals surface area contributed by atoms with Crippen LogP contribution >= 0.6 is 23.2 Å². The van der Waals surface area contributed by atoms with Gasteiger partial charge in [-0.05, 0) is 29.8 Å². The number of hydrogen-bond donors (Lipinski definition) is 1. The second-order valence-electron chi connectivity index (χ2n) is 4.55. The van der Waals surface area contributed by atoms with E-state index in [1.165, 1.54) is 0 Å². The standard InChI is InChI=1S/C16H13Cl2NO2/c1-20-15-8-10(6-7-13(15)17)19-9-12-11-4-2-3-5-14(11)21-16(12)18/h2-8,19H,9H2,1H3. The van der Waals surface area contributed by atoms with E-state index in [-0.39, 0.29) is 0 Å². The third-order valence-corrected chi connectivity index (χ3v) is 3.89. The van der Waals surface area contributed by atoms with Crippen LogP contribution in [-0.4, -0.2) is 7.11 Å². The molecule has 0 amide bonds. The normalized spacial score (nSPS) is 10.8. The summed E-state index contributed by atoms with van der Waals surface area (Å²) in [5, 5.41) is 5.29. The van der Waals surface area contributed by atoms with E-state index in [1.807, 2.05) is 36.4 Å². The molecule has 0 bridgehead atoms. The smallest absolute Gasteiger partial charge is 0.199 e. The monoisotopic (exact) mass is 321 g/mol. The van der Waals surface area contributed by atoms with Gasteiger partial charge in [0, 0.05) is 29.2 Å². The Morgan fingerprint density at radius 1 is 1.14 bits per heavy atom. The highest BCUT2D eigenvalue weighted by atomic mass is 35.5. The molecule has 0 saturated heterocycles. The van der Waals surface area contributed by atoms with Crippen LogP contribution < -0.4 is 10.1 Å². The minimum atomic E-state index is 0.407. The maximum atomic E-state index is 6.17. The molecule has 0 fully saturated rings. The van der Waals surface area contributed by atoms with Crippen LogP contribution in [0.1, 0.15) is 5.56 Å². The van der Waals surface area contributed by atoms with E-state index < -0.39 is 0 Å². The van der Waals surface area contributed by atoms with E-state index in [2.05, 4.69) is 5.32 Å². The van der Waals surface area contributed by atoms with Crippen molar-refractivity contribution in [2.75, 3.05) is 12.4 Å². The molecule has 5 heteroatoms. The lowest BCUT2D eigenvalue weighted by Gasteiger charge is -2.09. The number of hydrogen-bond acceptors (Lipinski definition) is 3. The summed E-state index contributed by atoms with van der Waals surface area (Å²) in [6.45, 7) is 0.556. The van der Waals surface area contributed by atoms with E-state index in [1.54, 1.807) is 13.2 Å². The number of halogens is 2. The summed E-state index contributed by atoms with van der Waals surface area (Å²) in [6.07, 6.45) is 0. The van der Waals surface area contributed by atoms with Crippen LogP contribution in [0.3, 0.4) is 0 Å². The summed E-state index contributed by atoms with van der Waals surface area (Å²) in [6, 6.07) is 13.3. The van der Waals surface area contributed by atoms with Crippen molar-refractivity contribution in [3.63, 3.8) is 0 Å². The lowest BCUT2D eigenvalue weighted by atomic mass is 10.1. The fourth-order valence-corrected chi connectivity index (χ4v) is 2.64. The van der Waals surface area contributed by atoms with Crippen molar-refractivity contribution in [2.45, 2.75) is 6.54 Å². The number of furan rings is 1. The molecule has 1 aromatic heterocycles. The number of methoxy groups -OCH3 is 1. The van der Waals surface area contributed by atoms with Crippen LogP contribution in [0, 0.1) is 0 Å². The van der Waals surface area contributed by atoms with Crippen molar-refractivity contribution in [1.29, 1.82) is 0 Å². The van der Waals surface area contributed by atoms with E-state index in [4.69, 9.17) is 32.4 Å². The van der Waals surface area contributed by atoms with Gasteiger partial charge in [-0.2, -0.15) is 0 Å².